The number of halogens is 1. The van der Waals surface area contributed by atoms with Gasteiger partial charge in [-0.3, -0.25) is 9.52 Å². The molecule has 1 aromatic carbocycles. The first-order valence-corrected chi connectivity index (χ1v) is 10.6. The van der Waals surface area contributed by atoms with Crippen molar-refractivity contribution in [3.8, 4) is 0 Å². The van der Waals surface area contributed by atoms with Gasteiger partial charge in [-0.15, -0.1) is 0 Å². The summed E-state index contributed by atoms with van der Waals surface area (Å²) in [5.74, 6) is 0.573. The molecule has 0 spiro atoms. The zero-order valence-corrected chi connectivity index (χ0v) is 16.5. The third-order valence-corrected chi connectivity index (χ3v) is 4.91. The molecule has 0 unspecified atom stereocenters. The fourth-order valence-corrected chi connectivity index (χ4v) is 3.42. The van der Waals surface area contributed by atoms with Crippen LogP contribution in [-0.2, 0) is 10.0 Å². The number of benzene rings is 1. The number of carbonyl (C=O) groups excluding carboxylic acids is 1. The number of hydrogen-bond donors (Lipinski definition) is 1. The van der Waals surface area contributed by atoms with Gasteiger partial charge in [0.1, 0.15) is 0 Å². The molecule has 1 aliphatic heterocycles. The average molecular weight is 440 g/mol. The monoisotopic (exact) mass is 439 g/mol. The molecule has 1 amide bonds. The van der Waals surface area contributed by atoms with Gasteiger partial charge in [-0.05, 0) is 40.2 Å². The van der Waals surface area contributed by atoms with Crippen LogP contribution in [0.4, 0.5) is 11.6 Å². The zero-order valence-electron chi connectivity index (χ0n) is 14.1. The van der Waals surface area contributed by atoms with E-state index < -0.39 is 10.0 Å². The maximum absolute atomic E-state index is 12.6. The summed E-state index contributed by atoms with van der Waals surface area (Å²) in [6.45, 7) is 2.45. The molecule has 1 saturated heterocycles. The molecule has 0 radical (unpaired) electrons. The molecule has 1 N–H and O–H groups in total. The van der Waals surface area contributed by atoms with Gasteiger partial charge in [0.25, 0.3) is 5.91 Å². The Balaban J connectivity index is 1.60. The van der Waals surface area contributed by atoms with Gasteiger partial charge in [0, 0.05) is 49.8 Å². The molecule has 1 aliphatic rings. The molecule has 2 heterocycles. The minimum atomic E-state index is -3.33. The van der Waals surface area contributed by atoms with Crippen LogP contribution in [0.2, 0.25) is 0 Å². The van der Waals surface area contributed by atoms with Crippen molar-refractivity contribution in [2.75, 3.05) is 42.1 Å². The van der Waals surface area contributed by atoms with E-state index in [1.807, 2.05) is 4.90 Å². The van der Waals surface area contributed by atoms with E-state index in [1.54, 1.807) is 41.6 Å². The minimum absolute atomic E-state index is 0.0766. The van der Waals surface area contributed by atoms with Crippen LogP contribution < -0.4 is 9.62 Å². The first-order chi connectivity index (χ1) is 12.3. The van der Waals surface area contributed by atoms with Gasteiger partial charge in [-0.1, -0.05) is 0 Å². The second-order valence-corrected chi connectivity index (χ2v) is 8.60. The van der Waals surface area contributed by atoms with E-state index in [4.69, 9.17) is 0 Å². The quantitative estimate of drug-likeness (QED) is 0.776. The maximum atomic E-state index is 12.6. The molecule has 10 heteroatoms. The third kappa shape index (κ3) is 4.70. The van der Waals surface area contributed by atoms with Gasteiger partial charge < -0.3 is 9.80 Å². The number of sulfonamides is 1. The lowest BCUT2D eigenvalue weighted by atomic mass is 10.1. The highest BCUT2D eigenvalue weighted by atomic mass is 79.9. The van der Waals surface area contributed by atoms with E-state index in [0.29, 0.717) is 43.4 Å². The molecular formula is C16H18BrN5O3S. The van der Waals surface area contributed by atoms with Crippen LogP contribution in [0.15, 0.2) is 41.1 Å². The maximum Gasteiger partial charge on any atom is 0.253 e. The summed E-state index contributed by atoms with van der Waals surface area (Å²) in [6.07, 6.45) is 4.48. The van der Waals surface area contributed by atoms with Gasteiger partial charge in [0.15, 0.2) is 0 Å². The lowest BCUT2D eigenvalue weighted by Crippen LogP contribution is -2.49. The molecule has 2 aromatic rings. The Hall–Kier alpha value is -2.20. The van der Waals surface area contributed by atoms with E-state index >= 15 is 0 Å². The molecule has 0 atom stereocenters. The Kier molecular flexibility index (Phi) is 5.42. The van der Waals surface area contributed by atoms with Crippen LogP contribution >= 0.6 is 15.9 Å². The van der Waals surface area contributed by atoms with Gasteiger partial charge >= 0.3 is 0 Å². The molecular weight excluding hydrogens is 422 g/mol. The molecule has 138 valence electrons. The van der Waals surface area contributed by atoms with Crippen molar-refractivity contribution in [3.05, 3.63) is 46.7 Å². The molecule has 1 aromatic heterocycles. The smallest absolute Gasteiger partial charge is 0.253 e. The van der Waals surface area contributed by atoms with Crippen molar-refractivity contribution < 1.29 is 13.2 Å². The van der Waals surface area contributed by atoms with Crippen molar-refractivity contribution in [3.63, 3.8) is 0 Å². The van der Waals surface area contributed by atoms with Crippen molar-refractivity contribution in [1.29, 1.82) is 0 Å². The number of hydrogen-bond acceptors (Lipinski definition) is 6. The number of carbonyl (C=O) groups is 1. The van der Waals surface area contributed by atoms with Crippen molar-refractivity contribution in [2.45, 2.75) is 0 Å². The summed E-state index contributed by atoms with van der Waals surface area (Å²) in [4.78, 5) is 25.0. The molecule has 0 bridgehead atoms. The summed E-state index contributed by atoms with van der Waals surface area (Å²) in [5, 5.41) is 0. The summed E-state index contributed by atoms with van der Waals surface area (Å²) >= 11 is 3.31. The normalized spacial score (nSPS) is 15.0. The Bertz CT molecular complexity index is 879. The summed E-state index contributed by atoms with van der Waals surface area (Å²) < 4.78 is 25.7. The van der Waals surface area contributed by atoms with E-state index in [1.165, 1.54) is 0 Å². The first-order valence-electron chi connectivity index (χ1n) is 7.91. The minimum Gasteiger partial charge on any atom is -0.337 e. The number of aromatic nitrogens is 2. The van der Waals surface area contributed by atoms with Gasteiger partial charge in [-0.25, -0.2) is 18.4 Å². The van der Waals surface area contributed by atoms with Crippen molar-refractivity contribution in [1.82, 2.24) is 14.9 Å². The van der Waals surface area contributed by atoms with Crippen LogP contribution in [0, 0.1) is 0 Å². The second kappa shape index (κ2) is 7.58. The number of nitrogens with zero attached hydrogens (tertiary/aromatic N) is 4. The molecule has 0 saturated carbocycles. The number of rotatable bonds is 4. The lowest BCUT2D eigenvalue weighted by Gasteiger charge is -2.34. The van der Waals surface area contributed by atoms with E-state index in [9.17, 15) is 13.2 Å². The Morgan fingerprint density at radius 1 is 1.08 bits per heavy atom. The number of nitrogens with one attached hydrogen (secondary N) is 1. The van der Waals surface area contributed by atoms with Gasteiger partial charge in [-0.2, -0.15) is 0 Å². The summed E-state index contributed by atoms with van der Waals surface area (Å²) in [6, 6.07) is 6.42. The van der Waals surface area contributed by atoms with Crippen molar-refractivity contribution >= 4 is 43.5 Å². The van der Waals surface area contributed by atoms with Gasteiger partial charge in [0.05, 0.1) is 10.7 Å². The largest absolute Gasteiger partial charge is 0.337 e. The highest BCUT2D eigenvalue weighted by Crippen LogP contribution is 2.16. The lowest BCUT2D eigenvalue weighted by molar-refractivity contribution is 0.0746. The van der Waals surface area contributed by atoms with E-state index in [0.717, 1.165) is 10.7 Å². The molecule has 26 heavy (non-hydrogen) atoms. The Morgan fingerprint density at radius 3 is 2.19 bits per heavy atom. The molecule has 0 aliphatic carbocycles. The van der Waals surface area contributed by atoms with Crippen LogP contribution in [0.3, 0.4) is 0 Å². The fraction of sp³-hybridized carbons (Fsp3) is 0.312. The van der Waals surface area contributed by atoms with Crippen molar-refractivity contribution in [2.24, 2.45) is 0 Å². The van der Waals surface area contributed by atoms with E-state index in [-0.39, 0.29) is 5.91 Å². The fourth-order valence-electron chi connectivity index (χ4n) is 2.66. The Labute approximate surface area is 160 Å². The predicted octanol–water partition coefficient (Wildman–Crippen LogP) is 1.57. The zero-order chi connectivity index (χ0) is 18.7. The number of amides is 1. The molecule has 1 fully saturated rings. The van der Waals surface area contributed by atoms with Gasteiger partial charge in [0.2, 0.25) is 16.0 Å². The molecule has 3 rings (SSSR count). The number of piperazine rings is 1. The standard InChI is InChI=1S/C16H18BrN5O3S/c1-26(24,25)20-14-4-2-12(3-5-14)15(23)21-6-8-22(9-7-21)16-18-10-13(17)11-19-16/h2-5,10-11,20H,6-9H2,1H3. The van der Waals surface area contributed by atoms with Crippen LogP contribution in [0.1, 0.15) is 10.4 Å². The Morgan fingerprint density at radius 2 is 1.65 bits per heavy atom. The highest BCUT2D eigenvalue weighted by Gasteiger charge is 2.23. The third-order valence-electron chi connectivity index (χ3n) is 3.89. The van der Waals surface area contributed by atoms with E-state index in [2.05, 4.69) is 30.6 Å². The SMILES string of the molecule is CS(=O)(=O)Nc1ccc(C(=O)N2CCN(c3ncc(Br)cn3)CC2)cc1. The van der Waals surface area contributed by atoms with Crippen LogP contribution in [0.25, 0.3) is 0 Å². The first kappa shape index (κ1) is 18.6. The van der Waals surface area contributed by atoms with Crippen LogP contribution in [0.5, 0.6) is 0 Å². The summed E-state index contributed by atoms with van der Waals surface area (Å²) in [5.41, 5.74) is 0.957. The van der Waals surface area contributed by atoms with Crippen LogP contribution in [-0.4, -0.2) is 61.6 Å². The average Bonchev–Trinajstić information content (AvgIpc) is 2.61. The highest BCUT2D eigenvalue weighted by molar-refractivity contribution is 9.10. The second-order valence-electron chi connectivity index (χ2n) is 5.93. The summed E-state index contributed by atoms with van der Waals surface area (Å²) in [7, 11) is -3.33. The number of anilines is 2. The predicted molar refractivity (Wildman–Crippen MR) is 103 cm³/mol. The topological polar surface area (TPSA) is 95.5 Å². The molecule has 8 nitrogen and oxygen atoms in total.